The van der Waals surface area contributed by atoms with E-state index in [-0.39, 0.29) is 18.1 Å². The number of nitrogens with one attached hydrogen (secondary N) is 2. The maximum atomic E-state index is 12.6. The number of rotatable bonds is 7. The van der Waals surface area contributed by atoms with Gasteiger partial charge in [0.1, 0.15) is 17.4 Å². The minimum Gasteiger partial charge on any atom is -0.483 e. The van der Waals surface area contributed by atoms with Crippen molar-refractivity contribution in [1.29, 1.82) is 5.26 Å². The van der Waals surface area contributed by atoms with Crippen LogP contribution in [-0.4, -0.2) is 18.4 Å². The molecule has 0 radical (unpaired) electrons. The third kappa shape index (κ3) is 6.95. The molecule has 172 valence electrons. The van der Waals surface area contributed by atoms with Crippen molar-refractivity contribution in [3.8, 4) is 11.8 Å². The highest BCUT2D eigenvalue weighted by Gasteiger charge is 2.13. The zero-order valence-electron chi connectivity index (χ0n) is 18.5. The number of aryl methyl sites for hydroxylation is 2. The van der Waals surface area contributed by atoms with E-state index in [1.807, 2.05) is 38.1 Å². The monoisotopic (exact) mass is 537 g/mol. The molecule has 0 bridgehead atoms. The molecule has 34 heavy (non-hydrogen) atoms. The van der Waals surface area contributed by atoms with Gasteiger partial charge in [-0.2, -0.15) is 5.26 Å². The summed E-state index contributed by atoms with van der Waals surface area (Å²) >= 11 is 9.48. The first-order valence-corrected chi connectivity index (χ1v) is 11.4. The maximum absolute atomic E-state index is 12.6. The van der Waals surface area contributed by atoms with Gasteiger partial charge in [-0.1, -0.05) is 51.3 Å². The Morgan fingerprint density at radius 2 is 1.74 bits per heavy atom. The number of nitriles is 1. The molecule has 0 unspecified atom stereocenters. The van der Waals surface area contributed by atoms with Gasteiger partial charge in [-0.3, -0.25) is 9.59 Å². The highest BCUT2D eigenvalue weighted by atomic mass is 79.9. The molecule has 0 aromatic heterocycles. The molecule has 0 heterocycles. The SMILES string of the molecule is Cc1ccc(NC(=O)/C(C#N)=C\c2cc(Br)ccc2OCC(=O)Nc2ccc(C)c(Cl)c2)cc1. The van der Waals surface area contributed by atoms with Crippen LogP contribution in [0.4, 0.5) is 11.4 Å². The number of carbonyl (C=O) groups excluding carboxylic acids is 2. The van der Waals surface area contributed by atoms with Crippen LogP contribution in [0.1, 0.15) is 16.7 Å². The topological polar surface area (TPSA) is 91.2 Å². The van der Waals surface area contributed by atoms with Crippen molar-refractivity contribution in [2.24, 2.45) is 0 Å². The number of nitrogens with zero attached hydrogens (tertiary/aromatic N) is 1. The number of hydrogen-bond donors (Lipinski definition) is 2. The van der Waals surface area contributed by atoms with Crippen LogP contribution in [0.25, 0.3) is 6.08 Å². The van der Waals surface area contributed by atoms with Crippen molar-refractivity contribution in [1.82, 2.24) is 0 Å². The van der Waals surface area contributed by atoms with Gasteiger partial charge >= 0.3 is 0 Å². The summed E-state index contributed by atoms with van der Waals surface area (Å²) < 4.78 is 6.41. The van der Waals surface area contributed by atoms with Crippen LogP contribution in [0.5, 0.6) is 5.75 Å². The highest BCUT2D eigenvalue weighted by Crippen LogP contribution is 2.26. The second-order valence-electron chi connectivity index (χ2n) is 7.47. The summed E-state index contributed by atoms with van der Waals surface area (Å²) in [7, 11) is 0. The summed E-state index contributed by atoms with van der Waals surface area (Å²) in [5, 5.41) is 15.5. The van der Waals surface area contributed by atoms with Crippen LogP contribution in [0.3, 0.4) is 0 Å². The van der Waals surface area contributed by atoms with Gasteiger partial charge in [0.15, 0.2) is 6.61 Å². The molecule has 0 aliphatic rings. The Kier molecular flexibility index (Phi) is 8.47. The molecule has 2 N–H and O–H groups in total. The first-order valence-electron chi connectivity index (χ1n) is 10.2. The number of benzene rings is 3. The van der Waals surface area contributed by atoms with E-state index in [2.05, 4.69) is 26.6 Å². The number of anilines is 2. The molecule has 6 nitrogen and oxygen atoms in total. The zero-order chi connectivity index (χ0) is 24.7. The summed E-state index contributed by atoms with van der Waals surface area (Å²) in [4.78, 5) is 25.0. The van der Waals surface area contributed by atoms with Crippen LogP contribution in [0.2, 0.25) is 5.02 Å². The minimum atomic E-state index is -0.550. The van der Waals surface area contributed by atoms with E-state index in [0.29, 0.717) is 27.7 Å². The molecule has 8 heteroatoms. The Balaban J connectivity index is 1.73. The average Bonchev–Trinajstić information content (AvgIpc) is 2.80. The van der Waals surface area contributed by atoms with Crippen molar-refractivity contribution >= 4 is 56.8 Å². The summed E-state index contributed by atoms with van der Waals surface area (Å²) in [6.07, 6.45) is 1.42. The zero-order valence-corrected chi connectivity index (χ0v) is 20.8. The van der Waals surface area contributed by atoms with Gasteiger partial charge in [-0.25, -0.2) is 0 Å². The molecule has 3 aromatic carbocycles. The Hall–Kier alpha value is -3.60. The fourth-order valence-electron chi connectivity index (χ4n) is 2.91. The summed E-state index contributed by atoms with van der Waals surface area (Å²) in [6.45, 7) is 3.54. The predicted octanol–water partition coefficient (Wildman–Crippen LogP) is 6.28. The van der Waals surface area contributed by atoms with Crippen LogP contribution >= 0.6 is 27.5 Å². The predicted molar refractivity (Wildman–Crippen MR) is 138 cm³/mol. The van der Waals surface area contributed by atoms with Crippen molar-refractivity contribution < 1.29 is 14.3 Å². The Labute approximate surface area is 211 Å². The molecule has 0 atom stereocenters. The second-order valence-corrected chi connectivity index (χ2v) is 8.80. The normalized spacial score (nSPS) is 10.9. The fourth-order valence-corrected chi connectivity index (χ4v) is 3.47. The molecule has 2 amide bonds. The molecule has 0 spiro atoms. The second kappa shape index (κ2) is 11.5. The number of amides is 2. The standard InChI is InChI=1S/C26H21BrClN3O3/c1-16-3-7-21(8-4-16)31-26(33)19(14-29)11-18-12-20(27)6-10-24(18)34-15-25(32)30-22-9-5-17(2)23(28)13-22/h3-13H,15H2,1-2H3,(H,30,32)(H,31,33)/b19-11-. The number of halogens is 2. The smallest absolute Gasteiger partial charge is 0.266 e. The van der Waals surface area contributed by atoms with Crippen molar-refractivity contribution in [3.05, 3.63) is 92.4 Å². The Bertz CT molecular complexity index is 1300. The first kappa shape index (κ1) is 25.0. The summed E-state index contributed by atoms with van der Waals surface area (Å²) in [5.74, 6) is -0.585. The van der Waals surface area contributed by atoms with E-state index in [0.717, 1.165) is 15.6 Å². The van der Waals surface area contributed by atoms with E-state index < -0.39 is 5.91 Å². The quantitative estimate of drug-likeness (QED) is 0.273. The van der Waals surface area contributed by atoms with Crippen molar-refractivity contribution in [2.45, 2.75) is 13.8 Å². The molecular formula is C26H21BrClN3O3. The van der Waals surface area contributed by atoms with Gasteiger partial charge in [0.05, 0.1) is 0 Å². The summed E-state index contributed by atoms with van der Waals surface area (Å²) in [6, 6.07) is 19.5. The molecular weight excluding hydrogens is 518 g/mol. The maximum Gasteiger partial charge on any atom is 0.266 e. The van der Waals surface area contributed by atoms with Crippen LogP contribution in [0.15, 0.2) is 70.7 Å². The lowest BCUT2D eigenvalue weighted by Gasteiger charge is -2.11. The van der Waals surface area contributed by atoms with Crippen LogP contribution < -0.4 is 15.4 Å². The molecule has 0 saturated heterocycles. The molecule has 0 aliphatic heterocycles. The molecule has 0 fully saturated rings. The highest BCUT2D eigenvalue weighted by molar-refractivity contribution is 9.10. The number of ether oxygens (including phenoxy) is 1. The Morgan fingerprint density at radius 3 is 2.41 bits per heavy atom. The number of carbonyl (C=O) groups is 2. The average molecular weight is 539 g/mol. The third-order valence-corrected chi connectivity index (χ3v) is 5.66. The van der Waals surface area contributed by atoms with Gasteiger partial charge in [-0.15, -0.1) is 0 Å². The van der Waals surface area contributed by atoms with Crippen molar-refractivity contribution in [2.75, 3.05) is 17.2 Å². The largest absolute Gasteiger partial charge is 0.483 e. The molecule has 0 saturated carbocycles. The molecule has 3 aromatic rings. The lowest BCUT2D eigenvalue weighted by molar-refractivity contribution is -0.118. The van der Waals surface area contributed by atoms with E-state index >= 15 is 0 Å². The van der Waals surface area contributed by atoms with Gasteiger partial charge in [-0.05, 0) is 68.0 Å². The lowest BCUT2D eigenvalue weighted by atomic mass is 10.1. The first-order chi connectivity index (χ1) is 16.2. The Morgan fingerprint density at radius 1 is 1.03 bits per heavy atom. The lowest BCUT2D eigenvalue weighted by Crippen LogP contribution is -2.20. The molecule has 3 rings (SSSR count). The van der Waals surface area contributed by atoms with E-state index in [4.69, 9.17) is 16.3 Å². The van der Waals surface area contributed by atoms with Gasteiger partial charge in [0.25, 0.3) is 11.8 Å². The molecule has 0 aliphatic carbocycles. The van der Waals surface area contributed by atoms with E-state index in [9.17, 15) is 14.9 Å². The third-order valence-electron chi connectivity index (χ3n) is 4.76. The van der Waals surface area contributed by atoms with Crippen molar-refractivity contribution in [3.63, 3.8) is 0 Å². The summed E-state index contributed by atoms with van der Waals surface area (Å²) in [5.41, 5.74) is 3.45. The van der Waals surface area contributed by atoms with E-state index in [1.54, 1.807) is 42.5 Å². The van der Waals surface area contributed by atoms with Gasteiger partial charge < -0.3 is 15.4 Å². The van der Waals surface area contributed by atoms with E-state index in [1.165, 1.54) is 6.08 Å². The fraction of sp³-hybridized carbons (Fsp3) is 0.115. The van der Waals surface area contributed by atoms with Gasteiger partial charge in [0.2, 0.25) is 0 Å². The number of hydrogen-bond acceptors (Lipinski definition) is 4. The van der Waals surface area contributed by atoms with Crippen LogP contribution in [0, 0.1) is 25.2 Å². The van der Waals surface area contributed by atoms with Crippen LogP contribution in [-0.2, 0) is 9.59 Å². The minimum absolute atomic E-state index is 0.109. The van der Waals surface area contributed by atoms with Gasteiger partial charge in [0, 0.05) is 26.4 Å².